The van der Waals surface area contributed by atoms with Gasteiger partial charge in [-0.1, -0.05) is 13.0 Å². The fourth-order valence-corrected chi connectivity index (χ4v) is 2.79. The average molecular weight is 284 g/mol. The van der Waals surface area contributed by atoms with E-state index in [-0.39, 0.29) is 6.61 Å². The summed E-state index contributed by atoms with van der Waals surface area (Å²) in [6, 6.07) is 6.04. The highest BCUT2D eigenvalue weighted by Gasteiger charge is 2.33. The van der Waals surface area contributed by atoms with E-state index in [4.69, 9.17) is 5.11 Å². The van der Waals surface area contributed by atoms with E-state index in [0.29, 0.717) is 0 Å². The lowest BCUT2D eigenvalue weighted by Crippen LogP contribution is -2.20. The second kappa shape index (κ2) is 4.76. The molecule has 2 nitrogen and oxygen atoms in total. The van der Waals surface area contributed by atoms with Gasteiger partial charge in [0.15, 0.2) is 0 Å². The average Bonchev–Trinajstić information content (AvgIpc) is 2.93. The van der Waals surface area contributed by atoms with Gasteiger partial charge in [-0.25, -0.2) is 0 Å². The molecule has 1 aromatic rings. The first-order chi connectivity index (χ1) is 7.61. The van der Waals surface area contributed by atoms with E-state index in [1.54, 1.807) is 0 Å². The van der Waals surface area contributed by atoms with Crippen LogP contribution in [-0.2, 0) is 6.61 Å². The molecule has 0 amide bonds. The van der Waals surface area contributed by atoms with E-state index in [1.165, 1.54) is 12.1 Å². The third-order valence-corrected chi connectivity index (χ3v) is 4.03. The molecular formula is C13H18BrNO. The molecule has 0 radical (unpaired) electrons. The van der Waals surface area contributed by atoms with Crippen LogP contribution >= 0.6 is 15.9 Å². The van der Waals surface area contributed by atoms with Crippen molar-refractivity contribution in [1.29, 1.82) is 0 Å². The van der Waals surface area contributed by atoms with Crippen LogP contribution in [-0.4, -0.2) is 18.7 Å². The van der Waals surface area contributed by atoms with Crippen molar-refractivity contribution in [1.82, 2.24) is 0 Å². The minimum atomic E-state index is 0.0995. The van der Waals surface area contributed by atoms with Crippen LogP contribution in [0, 0.1) is 11.8 Å². The first-order valence-corrected chi connectivity index (χ1v) is 6.51. The monoisotopic (exact) mass is 283 g/mol. The Balaban J connectivity index is 2.07. The van der Waals surface area contributed by atoms with E-state index in [9.17, 15) is 0 Å². The van der Waals surface area contributed by atoms with Crippen LogP contribution in [0.1, 0.15) is 18.9 Å². The molecule has 2 rings (SSSR count). The summed E-state index contributed by atoms with van der Waals surface area (Å²) in [5.41, 5.74) is 2.15. The summed E-state index contributed by atoms with van der Waals surface area (Å²) < 4.78 is 1.06. The smallest absolute Gasteiger partial charge is 0.0682 e. The maximum atomic E-state index is 9.05. The number of aliphatic hydroxyl groups excluding tert-OH is 1. The molecule has 16 heavy (non-hydrogen) atoms. The van der Waals surface area contributed by atoms with Crippen molar-refractivity contribution in [2.45, 2.75) is 20.0 Å². The summed E-state index contributed by atoms with van der Waals surface area (Å²) in [4.78, 5) is 2.29. The van der Waals surface area contributed by atoms with Gasteiger partial charge in [0.1, 0.15) is 0 Å². The van der Waals surface area contributed by atoms with Crippen molar-refractivity contribution < 1.29 is 5.11 Å². The predicted molar refractivity (Wildman–Crippen MR) is 70.6 cm³/mol. The Morgan fingerprint density at radius 1 is 1.50 bits per heavy atom. The van der Waals surface area contributed by atoms with Gasteiger partial charge in [-0.05, 0) is 51.9 Å². The number of benzene rings is 1. The molecular weight excluding hydrogens is 266 g/mol. The molecule has 0 bridgehead atoms. The van der Waals surface area contributed by atoms with Gasteiger partial charge < -0.3 is 10.0 Å². The van der Waals surface area contributed by atoms with Gasteiger partial charge in [0, 0.05) is 18.1 Å². The maximum absolute atomic E-state index is 9.05. The Morgan fingerprint density at radius 2 is 2.19 bits per heavy atom. The minimum Gasteiger partial charge on any atom is -0.392 e. The van der Waals surface area contributed by atoms with Crippen LogP contribution in [0.25, 0.3) is 0 Å². The zero-order valence-electron chi connectivity index (χ0n) is 9.78. The molecule has 0 saturated heterocycles. The van der Waals surface area contributed by atoms with Crippen LogP contribution in [0.3, 0.4) is 0 Å². The summed E-state index contributed by atoms with van der Waals surface area (Å²) in [6.45, 7) is 3.53. The highest BCUT2D eigenvalue weighted by Crippen LogP contribution is 2.39. The number of nitrogens with zero attached hydrogens (tertiary/aromatic N) is 1. The third kappa shape index (κ3) is 2.58. The third-order valence-electron chi connectivity index (χ3n) is 3.39. The van der Waals surface area contributed by atoms with Gasteiger partial charge in [0.2, 0.25) is 0 Å². The van der Waals surface area contributed by atoms with Crippen LogP contribution in [0.5, 0.6) is 0 Å². The molecule has 1 aliphatic carbocycles. The van der Waals surface area contributed by atoms with E-state index in [2.05, 4.69) is 40.9 Å². The molecule has 0 aromatic heterocycles. The SMILES string of the molecule is CC1CC1CN(C)c1ccc(CO)cc1Br. The normalized spacial score (nSPS) is 23.2. The van der Waals surface area contributed by atoms with Crippen molar-refractivity contribution in [3.63, 3.8) is 0 Å². The van der Waals surface area contributed by atoms with Gasteiger partial charge in [0.25, 0.3) is 0 Å². The summed E-state index contributed by atoms with van der Waals surface area (Å²) in [5.74, 6) is 1.74. The zero-order valence-corrected chi connectivity index (χ0v) is 11.4. The zero-order chi connectivity index (χ0) is 11.7. The van der Waals surface area contributed by atoms with Gasteiger partial charge >= 0.3 is 0 Å². The molecule has 88 valence electrons. The molecule has 1 aromatic carbocycles. The van der Waals surface area contributed by atoms with E-state index in [1.807, 2.05) is 12.1 Å². The summed E-state index contributed by atoms with van der Waals surface area (Å²) in [5, 5.41) is 9.05. The van der Waals surface area contributed by atoms with Crippen molar-refractivity contribution in [2.75, 3.05) is 18.5 Å². The largest absolute Gasteiger partial charge is 0.392 e. The lowest BCUT2D eigenvalue weighted by atomic mass is 10.2. The topological polar surface area (TPSA) is 23.5 Å². The first kappa shape index (κ1) is 11.9. The van der Waals surface area contributed by atoms with Crippen LogP contribution in [0.4, 0.5) is 5.69 Å². The standard InChI is InChI=1S/C13H18BrNO/c1-9-5-11(9)7-15(2)13-4-3-10(8-16)6-12(13)14/h3-4,6,9,11,16H,5,7-8H2,1-2H3. The molecule has 1 saturated carbocycles. The highest BCUT2D eigenvalue weighted by molar-refractivity contribution is 9.10. The second-order valence-corrected chi connectivity index (χ2v) is 5.65. The van der Waals surface area contributed by atoms with Gasteiger partial charge in [-0.2, -0.15) is 0 Å². The molecule has 0 spiro atoms. The number of rotatable bonds is 4. The quantitative estimate of drug-likeness (QED) is 0.918. The first-order valence-electron chi connectivity index (χ1n) is 5.72. The summed E-state index contributed by atoms with van der Waals surface area (Å²) >= 11 is 3.56. The molecule has 2 unspecified atom stereocenters. The Hall–Kier alpha value is -0.540. The summed E-state index contributed by atoms with van der Waals surface area (Å²) in [6.07, 6.45) is 1.36. The highest BCUT2D eigenvalue weighted by atomic mass is 79.9. The Labute approximate surface area is 105 Å². The van der Waals surface area contributed by atoms with Crippen LogP contribution in [0.15, 0.2) is 22.7 Å². The van der Waals surface area contributed by atoms with Crippen LogP contribution in [0.2, 0.25) is 0 Å². The Kier molecular flexibility index (Phi) is 3.55. The fraction of sp³-hybridized carbons (Fsp3) is 0.538. The summed E-state index contributed by atoms with van der Waals surface area (Å²) in [7, 11) is 2.13. The van der Waals surface area contributed by atoms with Crippen molar-refractivity contribution in [2.24, 2.45) is 11.8 Å². The number of aliphatic hydroxyl groups is 1. The van der Waals surface area contributed by atoms with Crippen molar-refractivity contribution >= 4 is 21.6 Å². The molecule has 1 N–H and O–H groups in total. The molecule has 0 heterocycles. The lowest BCUT2D eigenvalue weighted by Gasteiger charge is -2.21. The van der Waals surface area contributed by atoms with Gasteiger partial charge in [-0.15, -0.1) is 0 Å². The minimum absolute atomic E-state index is 0.0995. The fourth-order valence-electron chi connectivity index (χ4n) is 2.06. The molecule has 0 aliphatic heterocycles. The van der Waals surface area contributed by atoms with Crippen molar-refractivity contribution in [3.8, 4) is 0 Å². The second-order valence-electron chi connectivity index (χ2n) is 4.80. The molecule has 3 heteroatoms. The van der Waals surface area contributed by atoms with Crippen LogP contribution < -0.4 is 4.90 Å². The van der Waals surface area contributed by atoms with Gasteiger partial charge in [-0.3, -0.25) is 0 Å². The number of hydrogen-bond acceptors (Lipinski definition) is 2. The van der Waals surface area contributed by atoms with E-state index >= 15 is 0 Å². The maximum Gasteiger partial charge on any atom is 0.0682 e. The lowest BCUT2D eigenvalue weighted by molar-refractivity contribution is 0.282. The molecule has 2 atom stereocenters. The van der Waals surface area contributed by atoms with E-state index in [0.717, 1.165) is 28.4 Å². The van der Waals surface area contributed by atoms with Gasteiger partial charge in [0.05, 0.1) is 12.3 Å². The molecule has 1 aliphatic rings. The van der Waals surface area contributed by atoms with E-state index < -0.39 is 0 Å². The Morgan fingerprint density at radius 3 is 2.69 bits per heavy atom. The number of hydrogen-bond donors (Lipinski definition) is 1. The molecule has 1 fully saturated rings. The Bertz CT molecular complexity index is 380. The predicted octanol–water partition coefficient (Wildman–Crippen LogP) is 3.03. The number of anilines is 1. The van der Waals surface area contributed by atoms with Crippen molar-refractivity contribution in [3.05, 3.63) is 28.2 Å². The number of halogens is 1.